The van der Waals surface area contributed by atoms with Crippen LogP contribution in [0, 0.1) is 17.3 Å². The molecule has 0 saturated heterocycles. The van der Waals surface area contributed by atoms with Crippen LogP contribution in [0.4, 0.5) is 0 Å². The number of rotatable bonds is 0. The van der Waals surface area contributed by atoms with E-state index in [1.165, 1.54) is 25.7 Å². The first kappa shape index (κ1) is 9.51. The SMILES string of the molecule is CC1CCCC2(C)CCC(O)CC12. The first-order valence-corrected chi connectivity index (χ1v) is 5.80. The number of aliphatic hydroxyl groups excluding tert-OH is 1. The topological polar surface area (TPSA) is 20.2 Å². The lowest BCUT2D eigenvalue weighted by Gasteiger charge is -2.49. The van der Waals surface area contributed by atoms with Crippen LogP contribution in [0.15, 0.2) is 0 Å². The summed E-state index contributed by atoms with van der Waals surface area (Å²) in [7, 11) is 0. The van der Waals surface area contributed by atoms with E-state index in [-0.39, 0.29) is 6.10 Å². The zero-order chi connectivity index (χ0) is 9.47. The first-order chi connectivity index (χ1) is 6.12. The van der Waals surface area contributed by atoms with Gasteiger partial charge in [0.15, 0.2) is 0 Å². The molecule has 0 aromatic heterocycles. The zero-order valence-corrected chi connectivity index (χ0v) is 8.92. The van der Waals surface area contributed by atoms with E-state index in [4.69, 9.17) is 0 Å². The number of hydrogen-bond acceptors (Lipinski definition) is 1. The molecular formula is C12H22O. The van der Waals surface area contributed by atoms with Crippen molar-refractivity contribution in [3.05, 3.63) is 0 Å². The molecule has 0 amide bonds. The summed E-state index contributed by atoms with van der Waals surface area (Å²) in [6.07, 6.45) is 7.55. The van der Waals surface area contributed by atoms with Gasteiger partial charge < -0.3 is 5.11 Å². The molecule has 0 aromatic rings. The average Bonchev–Trinajstić information content (AvgIpc) is 2.08. The van der Waals surface area contributed by atoms with Gasteiger partial charge in [0.05, 0.1) is 6.10 Å². The van der Waals surface area contributed by atoms with Crippen molar-refractivity contribution in [1.82, 2.24) is 0 Å². The van der Waals surface area contributed by atoms with Gasteiger partial charge in [0.25, 0.3) is 0 Å². The molecule has 0 bridgehead atoms. The first-order valence-electron chi connectivity index (χ1n) is 5.80. The van der Waals surface area contributed by atoms with Crippen LogP contribution in [-0.4, -0.2) is 11.2 Å². The Bertz CT molecular complexity index is 190. The molecule has 2 aliphatic carbocycles. The van der Waals surface area contributed by atoms with Crippen LogP contribution in [0.1, 0.15) is 52.4 Å². The second kappa shape index (κ2) is 3.27. The molecule has 2 saturated carbocycles. The fourth-order valence-electron chi connectivity index (χ4n) is 3.64. The highest BCUT2D eigenvalue weighted by atomic mass is 16.3. The molecule has 1 nitrogen and oxygen atoms in total. The van der Waals surface area contributed by atoms with Gasteiger partial charge in [0.1, 0.15) is 0 Å². The third kappa shape index (κ3) is 1.63. The summed E-state index contributed by atoms with van der Waals surface area (Å²) in [6, 6.07) is 0. The van der Waals surface area contributed by atoms with E-state index in [0.29, 0.717) is 5.41 Å². The monoisotopic (exact) mass is 182 g/mol. The predicted octanol–water partition coefficient (Wildman–Crippen LogP) is 2.97. The van der Waals surface area contributed by atoms with Crippen molar-refractivity contribution in [2.24, 2.45) is 17.3 Å². The van der Waals surface area contributed by atoms with E-state index in [1.54, 1.807) is 0 Å². The standard InChI is InChI=1S/C12H22O/c1-9-4-3-6-12(2)7-5-10(13)8-11(9)12/h9-11,13H,3-8H2,1-2H3. The van der Waals surface area contributed by atoms with E-state index in [0.717, 1.165) is 24.7 Å². The van der Waals surface area contributed by atoms with Crippen LogP contribution in [0.25, 0.3) is 0 Å². The normalized spacial score (nSPS) is 51.5. The summed E-state index contributed by atoms with van der Waals surface area (Å²) in [6.45, 7) is 4.82. The molecule has 2 aliphatic rings. The predicted molar refractivity (Wildman–Crippen MR) is 54.5 cm³/mol. The van der Waals surface area contributed by atoms with Gasteiger partial charge in [-0.25, -0.2) is 0 Å². The Hall–Kier alpha value is -0.0400. The Kier molecular flexibility index (Phi) is 2.39. The average molecular weight is 182 g/mol. The van der Waals surface area contributed by atoms with Gasteiger partial charge in [-0.15, -0.1) is 0 Å². The number of aliphatic hydroxyl groups is 1. The van der Waals surface area contributed by atoms with Gasteiger partial charge in [0, 0.05) is 0 Å². The maximum Gasteiger partial charge on any atom is 0.0543 e. The van der Waals surface area contributed by atoms with Gasteiger partial charge in [-0.3, -0.25) is 0 Å². The Morgan fingerprint density at radius 1 is 1.23 bits per heavy atom. The molecule has 1 heteroatoms. The molecular weight excluding hydrogens is 160 g/mol. The maximum atomic E-state index is 9.68. The van der Waals surface area contributed by atoms with Crippen LogP contribution in [0.2, 0.25) is 0 Å². The highest BCUT2D eigenvalue weighted by Crippen LogP contribution is 2.52. The summed E-state index contributed by atoms with van der Waals surface area (Å²) < 4.78 is 0. The van der Waals surface area contributed by atoms with Crippen molar-refractivity contribution in [2.75, 3.05) is 0 Å². The molecule has 0 heterocycles. The van der Waals surface area contributed by atoms with Crippen molar-refractivity contribution in [1.29, 1.82) is 0 Å². The fraction of sp³-hybridized carbons (Fsp3) is 1.00. The van der Waals surface area contributed by atoms with Crippen LogP contribution in [-0.2, 0) is 0 Å². The molecule has 0 radical (unpaired) electrons. The van der Waals surface area contributed by atoms with E-state index < -0.39 is 0 Å². The molecule has 13 heavy (non-hydrogen) atoms. The molecule has 1 N–H and O–H groups in total. The zero-order valence-electron chi connectivity index (χ0n) is 8.92. The van der Waals surface area contributed by atoms with E-state index in [9.17, 15) is 5.11 Å². The summed E-state index contributed by atoms with van der Waals surface area (Å²) in [5.41, 5.74) is 0.566. The largest absolute Gasteiger partial charge is 0.393 e. The van der Waals surface area contributed by atoms with Crippen LogP contribution < -0.4 is 0 Å². The van der Waals surface area contributed by atoms with Gasteiger partial charge in [-0.05, 0) is 42.9 Å². The molecule has 0 aromatic carbocycles. The summed E-state index contributed by atoms with van der Waals surface area (Å²) in [5.74, 6) is 1.64. The van der Waals surface area contributed by atoms with Gasteiger partial charge >= 0.3 is 0 Å². The summed E-state index contributed by atoms with van der Waals surface area (Å²) >= 11 is 0. The van der Waals surface area contributed by atoms with E-state index in [2.05, 4.69) is 13.8 Å². The van der Waals surface area contributed by atoms with Gasteiger partial charge in [-0.1, -0.05) is 26.7 Å². The Morgan fingerprint density at radius 2 is 2.00 bits per heavy atom. The summed E-state index contributed by atoms with van der Waals surface area (Å²) in [4.78, 5) is 0. The van der Waals surface area contributed by atoms with Crippen LogP contribution in [0.3, 0.4) is 0 Å². The fourth-order valence-corrected chi connectivity index (χ4v) is 3.64. The highest BCUT2D eigenvalue weighted by Gasteiger charge is 2.43. The van der Waals surface area contributed by atoms with E-state index >= 15 is 0 Å². The van der Waals surface area contributed by atoms with E-state index in [1.807, 2.05) is 0 Å². The molecule has 4 unspecified atom stereocenters. The highest BCUT2D eigenvalue weighted by molar-refractivity contribution is 4.94. The second-order valence-electron chi connectivity index (χ2n) is 5.56. The lowest BCUT2D eigenvalue weighted by Crippen LogP contribution is -2.42. The quantitative estimate of drug-likeness (QED) is 0.610. The van der Waals surface area contributed by atoms with Crippen molar-refractivity contribution < 1.29 is 5.11 Å². The van der Waals surface area contributed by atoms with Gasteiger partial charge in [-0.2, -0.15) is 0 Å². The number of hydrogen-bond donors (Lipinski definition) is 1. The van der Waals surface area contributed by atoms with Gasteiger partial charge in [0.2, 0.25) is 0 Å². The van der Waals surface area contributed by atoms with Crippen molar-refractivity contribution in [3.63, 3.8) is 0 Å². The Morgan fingerprint density at radius 3 is 2.77 bits per heavy atom. The lowest BCUT2D eigenvalue weighted by atomic mass is 9.56. The second-order valence-corrected chi connectivity index (χ2v) is 5.56. The summed E-state index contributed by atoms with van der Waals surface area (Å²) in [5, 5.41) is 9.68. The van der Waals surface area contributed by atoms with Crippen molar-refractivity contribution in [2.45, 2.75) is 58.5 Å². The minimum absolute atomic E-state index is 0.00127. The smallest absolute Gasteiger partial charge is 0.0543 e. The van der Waals surface area contributed by atoms with Crippen molar-refractivity contribution in [3.8, 4) is 0 Å². The lowest BCUT2D eigenvalue weighted by molar-refractivity contribution is -0.0341. The Labute approximate surface area is 81.5 Å². The molecule has 4 atom stereocenters. The minimum Gasteiger partial charge on any atom is -0.393 e. The molecule has 0 spiro atoms. The molecule has 2 fully saturated rings. The third-order valence-corrected chi connectivity index (χ3v) is 4.56. The molecule has 76 valence electrons. The third-order valence-electron chi connectivity index (χ3n) is 4.56. The minimum atomic E-state index is -0.00127. The number of fused-ring (bicyclic) bond motifs is 1. The van der Waals surface area contributed by atoms with Crippen LogP contribution >= 0.6 is 0 Å². The Balaban J connectivity index is 2.13. The van der Waals surface area contributed by atoms with Crippen LogP contribution in [0.5, 0.6) is 0 Å². The molecule has 0 aliphatic heterocycles. The molecule has 2 rings (SSSR count). The van der Waals surface area contributed by atoms with Crippen molar-refractivity contribution >= 4 is 0 Å². The maximum absolute atomic E-state index is 9.68.